The third-order valence-electron chi connectivity index (χ3n) is 4.30. The Morgan fingerprint density at radius 2 is 0.900 bits per heavy atom. The maximum Gasteiger partial charge on any atom is 0.119 e. The highest BCUT2D eigenvalue weighted by molar-refractivity contribution is 5.37. The van der Waals surface area contributed by atoms with Crippen LogP contribution in [0.2, 0.25) is 0 Å². The van der Waals surface area contributed by atoms with Crippen molar-refractivity contribution in [3.05, 3.63) is 70.8 Å². The van der Waals surface area contributed by atoms with Gasteiger partial charge in [-0.1, -0.05) is 59.7 Å². The molecule has 0 bridgehead atoms. The van der Waals surface area contributed by atoms with Gasteiger partial charge in [-0.3, -0.25) is 0 Å². The van der Waals surface area contributed by atoms with Gasteiger partial charge in [0.1, 0.15) is 12.3 Å². The lowest BCUT2D eigenvalue weighted by Gasteiger charge is -2.44. The molecular weight excluding hydrogens is 254 g/mol. The molecule has 20 heavy (non-hydrogen) atoms. The molecule has 1 aliphatic rings. The van der Waals surface area contributed by atoms with Crippen LogP contribution in [0.4, 0.5) is 8.78 Å². The van der Waals surface area contributed by atoms with Gasteiger partial charge in [0.25, 0.3) is 0 Å². The zero-order valence-corrected chi connectivity index (χ0v) is 11.7. The van der Waals surface area contributed by atoms with Gasteiger partial charge in [-0.15, -0.1) is 0 Å². The van der Waals surface area contributed by atoms with Crippen LogP contribution in [-0.2, 0) is 0 Å². The number of hydrogen-bond donors (Lipinski definition) is 0. The molecule has 0 heterocycles. The average Bonchev–Trinajstić information content (AvgIpc) is 2.44. The molecule has 0 radical (unpaired) electrons. The number of rotatable bonds is 2. The van der Waals surface area contributed by atoms with E-state index in [0.717, 1.165) is 22.3 Å². The maximum absolute atomic E-state index is 14.4. The van der Waals surface area contributed by atoms with Gasteiger partial charge in [0, 0.05) is 11.8 Å². The Morgan fingerprint density at radius 1 is 0.600 bits per heavy atom. The van der Waals surface area contributed by atoms with Gasteiger partial charge in [0.05, 0.1) is 0 Å². The van der Waals surface area contributed by atoms with Gasteiger partial charge in [0.2, 0.25) is 0 Å². The van der Waals surface area contributed by atoms with Crippen LogP contribution in [0.3, 0.4) is 0 Å². The summed E-state index contributed by atoms with van der Waals surface area (Å²) in [4.78, 5) is 0. The molecule has 0 N–H and O–H groups in total. The summed E-state index contributed by atoms with van der Waals surface area (Å²) >= 11 is 0. The molecular formula is C18H18F2. The molecule has 2 heteroatoms. The van der Waals surface area contributed by atoms with Crippen molar-refractivity contribution in [2.75, 3.05) is 0 Å². The summed E-state index contributed by atoms with van der Waals surface area (Å²) in [6, 6.07) is 15.0. The van der Waals surface area contributed by atoms with Crippen LogP contribution >= 0.6 is 0 Å². The summed E-state index contributed by atoms with van der Waals surface area (Å²) < 4.78 is 28.9. The molecule has 0 unspecified atom stereocenters. The van der Waals surface area contributed by atoms with Gasteiger partial charge >= 0.3 is 0 Å². The first-order valence-electron chi connectivity index (χ1n) is 6.99. The predicted molar refractivity (Wildman–Crippen MR) is 77.6 cm³/mol. The molecule has 0 amide bonds. The molecule has 1 saturated carbocycles. The summed E-state index contributed by atoms with van der Waals surface area (Å²) in [5, 5.41) is 0. The summed E-state index contributed by atoms with van der Waals surface area (Å²) in [6.45, 7) is 3.94. The van der Waals surface area contributed by atoms with Gasteiger partial charge in [0.15, 0.2) is 0 Å². The zero-order valence-electron chi connectivity index (χ0n) is 11.7. The van der Waals surface area contributed by atoms with E-state index >= 15 is 0 Å². The summed E-state index contributed by atoms with van der Waals surface area (Å²) in [5.74, 6) is -1.25. The van der Waals surface area contributed by atoms with Crippen molar-refractivity contribution in [1.29, 1.82) is 0 Å². The molecule has 1 fully saturated rings. The Hall–Kier alpha value is -1.70. The normalized spacial score (nSPS) is 29.0. The Morgan fingerprint density at radius 3 is 1.20 bits per heavy atom. The number of benzene rings is 2. The minimum absolute atomic E-state index is 0.623. The molecule has 0 atom stereocenters. The highest BCUT2D eigenvalue weighted by atomic mass is 19.2. The Bertz CT molecular complexity index is 522. The van der Waals surface area contributed by atoms with Crippen LogP contribution in [0.15, 0.2) is 48.5 Å². The summed E-state index contributed by atoms with van der Waals surface area (Å²) in [7, 11) is 0. The van der Waals surface area contributed by atoms with E-state index < -0.39 is 24.2 Å². The fraction of sp³-hybridized carbons (Fsp3) is 0.333. The zero-order chi connectivity index (χ0) is 14.3. The Kier molecular flexibility index (Phi) is 3.33. The van der Waals surface area contributed by atoms with Crippen molar-refractivity contribution in [3.8, 4) is 0 Å². The maximum atomic E-state index is 14.4. The molecule has 0 nitrogen and oxygen atoms in total. The van der Waals surface area contributed by atoms with Gasteiger partial charge < -0.3 is 0 Å². The van der Waals surface area contributed by atoms with Gasteiger partial charge in [-0.05, 0) is 25.0 Å². The van der Waals surface area contributed by atoms with Crippen molar-refractivity contribution in [2.24, 2.45) is 0 Å². The second-order valence-electron chi connectivity index (χ2n) is 5.76. The predicted octanol–water partition coefficient (Wildman–Crippen LogP) is 4.86. The highest BCUT2D eigenvalue weighted by Gasteiger charge is 2.53. The lowest BCUT2D eigenvalue weighted by Crippen LogP contribution is -2.46. The number of aryl methyl sites for hydroxylation is 2. The highest BCUT2D eigenvalue weighted by Crippen LogP contribution is 2.51. The quantitative estimate of drug-likeness (QED) is 0.732. The first-order chi connectivity index (χ1) is 9.58. The van der Waals surface area contributed by atoms with E-state index in [1.807, 2.05) is 62.4 Å². The topological polar surface area (TPSA) is 0 Å². The number of hydrogen-bond acceptors (Lipinski definition) is 0. The minimum atomic E-state index is -1.14. The Labute approximate surface area is 118 Å². The van der Waals surface area contributed by atoms with Crippen LogP contribution in [0, 0.1) is 13.8 Å². The fourth-order valence-electron chi connectivity index (χ4n) is 2.97. The third kappa shape index (κ3) is 2.13. The molecule has 0 aliphatic heterocycles. The lowest BCUT2D eigenvalue weighted by atomic mass is 9.65. The molecule has 104 valence electrons. The molecule has 3 rings (SSSR count). The van der Waals surface area contributed by atoms with Gasteiger partial charge in [-0.25, -0.2) is 8.78 Å². The molecule has 0 aromatic heterocycles. The number of alkyl halides is 2. The van der Waals surface area contributed by atoms with Crippen LogP contribution in [-0.4, -0.2) is 12.3 Å². The van der Waals surface area contributed by atoms with Crippen molar-refractivity contribution < 1.29 is 8.78 Å². The Balaban J connectivity index is 1.82. The largest absolute Gasteiger partial charge is 0.246 e. The van der Waals surface area contributed by atoms with E-state index in [0.29, 0.717) is 0 Å². The van der Waals surface area contributed by atoms with Crippen molar-refractivity contribution >= 4 is 0 Å². The second-order valence-corrected chi connectivity index (χ2v) is 5.76. The van der Waals surface area contributed by atoms with Crippen LogP contribution in [0.1, 0.15) is 34.1 Å². The SMILES string of the molecule is Cc1ccc(C2C(F)C(c3ccc(C)cc3)C2F)cc1. The van der Waals surface area contributed by atoms with E-state index in [2.05, 4.69) is 0 Å². The first kappa shape index (κ1) is 13.3. The summed E-state index contributed by atoms with van der Waals surface area (Å²) in [5.41, 5.74) is 3.74. The molecule has 2 aromatic rings. The first-order valence-corrected chi connectivity index (χ1v) is 6.99. The van der Waals surface area contributed by atoms with Gasteiger partial charge in [-0.2, -0.15) is 0 Å². The van der Waals surface area contributed by atoms with Crippen LogP contribution in [0.5, 0.6) is 0 Å². The second kappa shape index (κ2) is 5.01. The molecule has 2 aromatic carbocycles. The third-order valence-corrected chi connectivity index (χ3v) is 4.30. The average molecular weight is 272 g/mol. The van der Waals surface area contributed by atoms with E-state index in [9.17, 15) is 8.78 Å². The number of halogens is 2. The van der Waals surface area contributed by atoms with E-state index in [4.69, 9.17) is 0 Å². The van der Waals surface area contributed by atoms with Crippen LogP contribution < -0.4 is 0 Å². The minimum Gasteiger partial charge on any atom is -0.246 e. The summed E-state index contributed by atoms with van der Waals surface area (Å²) in [6.07, 6.45) is -2.29. The standard InChI is InChI=1S/C18H18F2/c1-11-3-7-13(8-4-11)15-17(19)16(18(15)20)14-9-5-12(2)6-10-14/h3-10,15-18H,1-2H3. The fourth-order valence-corrected chi connectivity index (χ4v) is 2.97. The van der Waals surface area contributed by atoms with Crippen molar-refractivity contribution in [1.82, 2.24) is 0 Å². The van der Waals surface area contributed by atoms with Crippen molar-refractivity contribution in [2.45, 2.75) is 38.0 Å². The van der Waals surface area contributed by atoms with E-state index in [-0.39, 0.29) is 0 Å². The molecule has 1 aliphatic carbocycles. The van der Waals surface area contributed by atoms with E-state index in [1.165, 1.54) is 0 Å². The molecule has 0 saturated heterocycles. The monoisotopic (exact) mass is 272 g/mol. The van der Waals surface area contributed by atoms with Crippen LogP contribution in [0.25, 0.3) is 0 Å². The smallest absolute Gasteiger partial charge is 0.119 e. The van der Waals surface area contributed by atoms with Crippen molar-refractivity contribution in [3.63, 3.8) is 0 Å². The van der Waals surface area contributed by atoms with E-state index in [1.54, 1.807) is 0 Å². The molecule has 0 spiro atoms. The lowest BCUT2D eigenvalue weighted by molar-refractivity contribution is 0.0223.